The molecule has 3 aromatic heterocycles. The molecule has 53 heavy (non-hydrogen) atoms. The Hall–Kier alpha value is -5.71. The number of hydrogen-bond acceptors (Lipinski definition) is 3. The molecule has 0 unspecified atom stereocenters. The van der Waals surface area contributed by atoms with Gasteiger partial charge in [0.05, 0.1) is 33.8 Å². The topological polar surface area (TPSA) is 60.3 Å². The van der Waals surface area contributed by atoms with Gasteiger partial charge in [0.15, 0.2) is 0 Å². The second-order valence-corrected chi connectivity index (χ2v) is 13.6. The summed E-state index contributed by atoms with van der Waals surface area (Å²) in [5.41, 5.74) is 10.8. The van der Waals surface area contributed by atoms with Crippen LogP contribution in [0.2, 0.25) is 0 Å². The average molecular weight is 874 g/mol. The van der Waals surface area contributed by atoms with Crippen LogP contribution in [0.15, 0.2) is 140 Å². The number of aromatic hydroxyl groups is 1. The molecule has 0 atom stereocenters. The minimum absolute atomic E-state index is 0. The van der Waals surface area contributed by atoms with Crippen LogP contribution in [0, 0.1) is 6.07 Å². The van der Waals surface area contributed by atoms with Gasteiger partial charge >= 0.3 is 0 Å². The predicted molar refractivity (Wildman–Crippen MR) is 212 cm³/mol. The van der Waals surface area contributed by atoms with Crippen LogP contribution in [0.4, 0.5) is 0 Å². The maximum Gasteiger partial charge on any atom is 0.220 e. The molecule has 0 aliphatic heterocycles. The van der Waals surface area contributed by atoms with E-state index in [1.165, 1.54) is 0 Å². The largest absolute Gasteiger partial charge is 0.515 e. The summed E-state index contributed by atoms with van der Waals surface area (Å²) in [6.45, 7) is 7.49. The van der Waals surface area contributed by atoms with E-state index in [2.05, 4.69) is 63.6 Å². The van der Waals surface area contributed by atoms with Crippen LogP contribution in [-0.2, 0) is 21.1 Å². The average Bonchev–Trinajstić information content (AvgIpc) is 3.86. The van der Waals surface area contributed by atoms with Crippen molar-refractivity contribution in [2.24, 2.45) is 0 Å². The molecule has 3 heterocycles. The van der Waals surface area contributed by atoms with Crippen LogP contribution < -0.4 is 0 Å². The van der Waals surface area contributed by atoms with Gasteiger partial charge in [-0.05, 0) is 64.9 Å². The van der Waals surface area contributed by atoms with Crippen molar-refractivity contribution in [1.29, 1.82) is 0 Å². The second kappa shape index (κ2) is 13.7. The molecule has 0 amide bonds. The van der Waals surface area contributed by atoms with Crippen molar-refractivity contribution in [2.75, 3.05) is 0 Å². The summed E-state index contributed by atoms with van der Waals surface area (Å²) < 4.78 is 24.9. The molecule has 264 valence electrons. The minimum Gasteiger partial charge on any atom is -0.515 e. The molecule has 0 saturated carbocycles. The Morgan fingerprint density at radius 1 is 0.623 bits per heavy atom. The summed E-state index contributed by atoms with van der Waals surface area (Å²) in [5.74, 6) is -0.408. The second-order valence-electron chi connectivity index (χ2n) is 13.6. The van der Waals surface area contributed by atoms with Crippen molar-refractivity contribution in [3.63, 3.8) is 0 Å². The molecule has 0 bridgehead atoms. The van der Waals surface area contributed by atoms with Gasteiger partial charge in [-0.1, -0.05) is 112 Å². The van der Waals surface area contributed by atoms with Crippen molar-refractivity contribution < 1.29 is 28.9 Å². The van der Waals surface area contributed by atoms with E-state index >= 15 is 0 Å². The normalized spacial score (nSPS) is 12.6. The van der Waals surface area contributed by atoms with Crippen LogP contribution in [-0.4, -0.2) is 28.6 Å². The van der Waals surface area contributed by atoms with E-state index in [0.29, 0.717) is 22.6 Å². The van der Waals surface area contributed by atoms with E-state index in [1.54, 1.807) is 12.1 Å². The molecule has 9 rings (SSSR count). The van der Waals surface area contributed by atoms with Crippen molar-refractivity contribution in [1.82, 2.24) is 23.5 Å². The van der Waals surface area contributed by atoms with Gasteiger partial charge in [0, 0.05) is 46.9 Å². The van der Waals surface area contributed by atoms with E-state index in [0.717, 1.165) is 61.5 Å². The van der Waals surface area contributed by atoms with E-state index in [1.807, 2.05) is 111 Å². The molecule has 0 fully saturated rings. The summed E-state index contributed by atoms with van der Waals surface area (Å²) >= 11 is 0. The molecule has 1 N–H and O–H groups in total. The van der Waals surface area contributed by atoms with Crippen LogP contribution in [0.3, 0.4) is 0 Å². The Labute approximate surface area is 326 Å². The van der Waals surface area contributed by atoms with Gasteiger partial charge in [0.2, 0.25) is 5.78 Å². The summed E-state index contributed by atoms with van der Waals surface area (Å²) in [6, 6.07) is 47.3. The van der Waals surface area contributed by atoms with Gasteiger partial charge in [0.1, 0.15) is 5.52 Å². The van der Waals surface area contributed by atoms with Gasteiger partial charge in [-0.2, -0.15) is 0 Å². The first-order chi connectivity index (χ1) is 26.0. The number of hydrogen-bond donors (Lipinski definition) is 1. The van der Waals surface area contributed by atoms with Crippen LogP contribution in [0.5, 0.6) is 5.75 Å². The number of fused-ring (bicyclic) bond motifs is 5. The number of imidazole rings is 3. The number of phenols is 1. The molecule has 6 aromatic carbocycles. The van der Waals surface area contributed by atoms with Crippen LogP contribution in [0.25, 0.3) is 73.0 Å². The molecule has 0 spiro atoms. The minimum atomic E-state index is -0.987. The number of nitrogens with zero attached hydrogens (tertiary/aromatic N) is 5. The van der Waals surface area contributed by atoms with E-state index < -0.39 is 11.8 Å². The summed E-state index contributed by atoms with van der Waals surface area (Å²) in [7, 11) is 0. The number of benzene rings is 6. The standard InChI is InChI=1S/C46H38N5O.Pt/c1-29(2)34-20-13-21-35(30(3)4)44(34)49-28-38(47-45(49)32-16-12-15-31(27-32)36-19-8-11-26-42(36)52)37-22-14-25-41-43(37)48-46-50(33-17-6-5-7-18-33)39-23-9-10-24-40(39)51(41)46;/h5-26,28-30,52H,1-4H3;/q-1;/i29D,30D;. The third-order valence-corrected chi connectivity index (χ3v) is 9.81. The molecule has 0 radical (unpaired) electrons. The summed E-state index contributed by atoms with van der Waals surface area (Å²) in [5, 5.41) is 10.8. The Bertz CT molecular complexity index is 2840. The van der Waals surface area contributed by atoms with E-state index in [9.17, 15) is 7.85 Å². The third kappa shape index (κ3) is 5.69. The van der Waals surface area contributed by atoms with Gasteiger partial charge in [-0.3, -0.25) is 14.0 Å². The van der Waals surface area contributed by atoms with Crippen molar-refractivity contribution in [2.45, 2.75) is 39.5 Å². The fraction of sp³-hybridized carbons (Fsp3) is 0.130. The first-order valence-electron chi connectivity index (χ1n) is 18.5. The number of para-hydroxylation sites is 6. The zero-order valence-corrected chi connectivity index (χ0v) is 32.1. The quantitative estimate of drug-likeness (QED) is 0.162. The van der Waals surface area contributed by atoms with E-state index in [-0.39, 0.29) is 26.8 Å². The SMILES string of the molecule is [2H]C(C)(C)c1cccc(C([2H])(C)C)c1-n1cc(-c2cccc3c2nc2n(-c4ccccc4)c4ccccc4n32)nc1-c1[c-]c(-c2ccccc2O)ccc1.[Pt]. The molecule has 9 aromatic rings. The van der Waals surface area contributed by atoms with Crippen molar-refractivity contribution in [3.05, 3.63) is 157 Å². The number of phenolic OH excluding ortho intramolecular Hbond substituents is 1. The number of aromatic nitrogens is 5. The van der Waals surface area contributed by atoms with E-state index in [4.69, 9.17) is 9.97 Å². The summed E-state index contributed by atoms with van der Waals surface area (Å²) in [6.07, 6.45) is 2.01. The zero-order valence-electron chi connectivity index (χ0n) is 31.8. The third-order valence-electron chi connectivity index (χ3n) is 9.81. The smallest absolute Gasteiger partial charge is 0.220 e. The van der Waals surface area contributed by atoms with Crippen LogP contribution in [0.1, 0.15) is 53.4 Å². The monoisotopic (exact) mass is 873 g/mol. The molecular weight excluding hydrogens is 834 g/mol. The van der Waals surface area contributed by atoms with Gasteiger partial charge in [0.25, 0.3) is 0 Å². The fourth-order valence-corrected chi connectivity index (χ4v) is 7.40. The van der Waals surface area contributed by atoms with Crippen LogP contribution >= 0.6 is 0 Å². The van der Waals surface area contributed by atoms with Crippen molar-refractivity contribution in [3.8, 4) is 50.9 Å². The Kier molecular flexibility index (Phi) is 8.26. The van der Waals surface area contributed by atoms with Gasteiger partial charge in [-0.25, -0.2) is 4.98 Å². The predicted octanol–water partition coefficient (Wildman–Crippen LogP) is 11.4. The fourth-order valence-electron chi connectivity index (χ4n) is 7.40. The Morgan fingerprint density at radius 2 is 1.23 bits per heavy atom. The first kappa shape index (κ1) is 32.0. The molecule has 0 saturated heterocycles. The first-order valence-corrected chi connectivity index (χ1v) is 17.5. The summed E-state index contributed by atoms with van der Waals surface area (Å²) in [4.78, 5) is 10.7. The van der Waals surface area contributed by atoms with Crippen molar-refractivity contribution >= 4 is 27.8 Å². The van der Waals surface area contributed by atoms with Gasteiger partial charge < -0.3 is 9.67 Å². The number of rotatable bonds is 7. The Morgan fingerprint density at radius 3 is 1.96 bits per heavy atom. The maximum absolute atomic E-state index is 10.8. The molecule has 0 aliphatic carbocycles. The Balaban J connectivity index is 0.00000427. The maximum atomic E-state index is 10.8. The molecule has 7 heteroatoms. The molecule has 0 aliphatic rings. The van der Waals surface area contributed by atoms with Gasteiger partial charge in [-0.15, -0.1) is 29.8 Å². The molecule has 6 nitrogen and oxygen atoms in total. The zero-order chi connectivity index (χ0) is 37.4. The molecular formula is C46H38N5OPt-.